The second kappa shape index (κ2) is 6.39. The van der Waals surface area contributed by atoms with Gasteiger partial charge >= 0.3 is 5.97 Å². The standard InChI is InChI=1S/C10H17FO7/c1-4(13)17-10-8(16)6(14)7(15)9(18-10)5(11)2-3-12/h5-10,12,14-16H,2-3H2,1H3/t5-,6-,7-,8?,9?,10?/m0/s1. The van der Waals surface area contributed by atoms with E-state index in [9.17, 15) is 24.5 Å². The highest BCUT2D eigenvalue weighted by Crippen LogP contribution is 2.26. The summed E-state index contributed by atoms with van der Waals surface area (Å²) in [6.07, 6.45) is -10.1. The van der Waals surface area contributed by atoms with Crippen LogP contribution in [0, 0.1) is 0 Å². The van der Waals surface area contributed by atoms with Crippen LogP contribution in [0.5, 0.6) is 0 Å². The van der Waals surface area contributed by atoms with Crippen LogP contribution in [0.2, 0.25) is 0 Å². The van der Waals surface area contributed by atoms with Crippen LogP contribution in [0.4, 0.5) is 4.39 Å². The van der Waals surface area contributed by atoms with Crippen LogP contribution in [0.1, 0.15) is 13.3 Å². The van der Waals surface area contributed by atoms with Gasteiger partial charge in [0.25, 0.3) is 0 Å². The first-order valence-electron chi connectivity index (χ1n) is 5.50. The summed E-state index contributed by atoms with van der Waals surface area (Å²) in [7, 11) is 0. The minimum atomic E-state index is -1.76. The molecule has 0 radical (unpaired) electrons. The van der Waals surface area contributed by atoms with Gasteiger partial charge in [-0.1, -0.05) is 0 Å². The third kappa shape index (κ3) is 3.36. The zero-order valence-electron chi connectivity index (χ0n) is 9.77. The molecule has 106 valence electrons. The van der Waals surface area contributed by atoms with Crippen LogP contribution in [0.25, 0.3) is 0 Å². The molecule has 0 aromatic rings. The van der Waals surface area contributed by atoms with Gasteiger partial charge in [-0.25, -0.2) is 4.39 Å². The quantitative estimate of drug-likeness (QED) is 0.439. The lowest BCUT2D eigenvalue weighted by molar-refractivity contribution is -0.297. The zero-order valence-corrected chi connectivity index (χ0v) is 9.77. The molecule has 1 rings (SSSR count). The van der Waals surface area contributed by atoms with Crippen molar-refractivity contribution < 1.29 is 39.1 Å². The Morgan fingerprint density at radius 2 is 1.94 bits per heavy atom. The molecule has 0 amide bonds. The third-order valence-electron chi connectivity index (χ3n) is 2.65. The largest absolute Gasteiger partial charge is 0.433 e. The number of halogens is 1. The van der Waals surface area contributed by atoms with E-state index in [0.29, 0.717) is 0 Å². The predicted molar refractivity (Wildman–Crippen MR) is 55.0 cm³/mol. The molecule has 0 aromatic heterocycles. The van der Waals surface area contributed by atoms with Crippen molar-refractivity contribution in [2.75, 3.05) is 6.61 Å². The van der Waals surface area contributed by atoms with E-state index >= 15 is 0 Å². The maximum absolute atomic E-state index is 13.6. The smallest absolute Gasteiger partial charge is 0.305 e. The number of esters is 1. The van der Waals surface area contributed by atoms with E-state index in [1.165, 1.54) is 0 Å². The molecule has 6 atom stereocenters. The van der Waals surface area contributed by atoms with Crippen molar-refractivity contribution in [2.45, 2.75) is 50.2 Å². The van der Waals surface area contributed by atoms with Gasteiger partial charge in [-0.2, -0.15) is 0 Å². The molecule has 8 heteroatoms. The average Bonchev–Trinajstić information content (AvgIpc) is 2.29. The summed E-state index contributed by atoms with van der Waals surface area (Å²) in [5.74, 6) is -0.779. The molecular formula is C10H17FO7. The lowest BCUT2D eigenvalue weighted by Gasteiger charge is -2.40. The number of carbonyl (C=O) groups excluding carboxylic acids is 1. The number of ether oxygens (including phenoxy) is 2. The Balaban J connectivity index is 2.76. The normalized spacial score (nSPS) is 38.2. The molecule has 18 heavy (non-hydrogen) atoms. The van der Waals surface area contributed by atoms with Gasteiger partial charge in [-0.05, 0) is 0 Å². The fourth-order valence-corrected chi connectivity index (χ4v) is 1.72. The molecule has 0 aliphatic carbocycles. The van der Waals surface area contributed by atoms with E-state index in [1.54, 1.807) is 0 Å². The molecule has 1 aliphatic heterocycles. The Hall–Kier alpha value is -0.800. The fraction of sp³-hybridized carbons (Fsp3) is 0.900. The average molecular weight is 268 g/mol. The lowest BCUT2D eigenvalue weighted by Crippen LogP contribution is -2.60. The monoisotopic (exact) mass is 268 g/mol. The number of alkyl halides is 1. The molecule has 0 bridgehead atoms. The molecule has 1 aliphatic rings. The van der Waals surface area contributed by atoms with Crippen LogP contribution in [-0.4, -0.2) is 69.9 Å². The van der Waals surface area contributed by atoms with Gasteiger partial charge in [0.15, 0.2) is 0 Å². The highest BCUT2D eigenvalue weighted by Gasteiger charge is 2.48. The third-order valence-corrected chi connectivity index (χ3v) is 2.65. The van der Waals surface area contributed by atoms with Crippen molar-refractivity contribution >= 4 is 5.97 Å². The van der Waals surface area contributed by atoms with Crippen LogP contribution in [0.3, 0.4) is 0 Å². The number of hydrogen-bond acceptors (Lipinski definition) is 7. The summed E-state index contributed by atoms with van der Waals surface area (Å²) in [6.45, 7) is 0.591. The summed E-state index contributed by atoms with van der Waals surface area (Å²) >= 11 is 0. The highest BCUT2D eigenvalue weighted by molar-refractivity contribution is 5.66. The second-order valence-corrected chi connectivity index (χ2v) is 4.08. The molecular weight excluding hydrogens is 251 g/mol. The van der Waals surface area contributed by atoms with Crippen LogP contribution in [0.15, 0.2) is 0 Å². The predicted octanol–water partition coefficient (Wildman–Crippen LogP) is -1.92. The van der Waals surface area contributed by atoms with E-state index in [1.807, 2.05) is 0 Å². The summed E-state index contributed by atoms with van der Waals surface area (Å²) in [5.41, 5.74) is 0. The van der Waals surface area contributed by atoms with Gasteiger partial charge in [0, 0.05) is 20.0 Å². The Bertz CT molecular complexity index is 287. The topological polar surface area (TPSA) is 116 Å². The van der Waals surface area contributed by atoms with Crippen molar-refractivity contribution in [2.24, 2.45) is 0 Å². The molecule has 3 unspecified atom stereocenters. The van der Waals surface area contributed by atoms with Crippen molar-refractivity contribution in [3.8, 4) is 0 Å². The van der Waals surface area contributed by atoms with Crippen LogP contribution < -0.4 is 0 Å². The first-order valence-corrected chi connectivity index (χ1v) is 5.50. The van der Waals surface area contributed by atoms with Gasteiger partial charge in [-0.3, -0.25) is 4.79 Å². The van der Waals surface area contributed by atoms with Gasteiger partial charge in [0.05, 0.1) is 0 Å². The second-order valence-electron chi connectivity index (χ2n) is 4.08. The number of rotatable bonds is 4. The molecule has 0 saturated carbocycles. The van der Waals surface area contributed by atoms with Gasteiger partial charge in [0.1, 0.15) is 30.6 Å². The Morgan fingerprint density at radius 3 is 2.44 bits per heavy atom. The fourth-order valence-electron chi connectivity index (χ4n) is 1.72. The van der Waals surface area contributed by atoms with E-state index in [2.05, 4.69) is 4.74 Å². The lowest BCUT2D eigenvalue weighted by atomic mass is 9.95. The van der Waals surface area contributed by atoms with Crippen LogP contribution in [-0.2, 0) is 14.3 Å². The Morgan fingerprint density at radius 1 is 1.33 bits per heavy atom. The Labute approximate surface area is 103 Å². The van der Waals surface area contributed by atoms with E-state index in [-0.39, 0.29) is 6.42 Å². The molecule has 0 spiro atoms. The Kier molecular flexibility index (Phi) is 5.42. The van der Waals surface area contributed by atoms with Gasteiger partial charge in [0.2, 0.25) is 6.29 Å². The number of carbonyl (C=O) groups is 1. The van der Waals surface area contributed by atoms with Crippen LogP contribution >= 0.6 is 0 Å². The molecule has 4 N–H and O–H groups in total. The molecule has 1 saturated heterocycles. The van der Waals surface area contributed by atoms with Crippen molar-refractivity contribution in [1.29, 1.82) is 0 Å². The van der Waals surface area contributed by atoms with Gasteiger partial charge < -0.3 is 29.9 Å². The number of aliphatic hydroxyl groups is 4. The zero-order chi connectivity index (χ0) is 13.9. The van der Waals surface area contributed by atoms with Gasteiger partial charge in [-0.15, -0.1) is 0 Å². The molecule has 1 heterocycles. The summed E-state index contributed by atoms with van der Waals surface area (Å²) in [6, 6.07) is 0. The number of hydrogen-bond donors (Lipinski definition) is 4. The summed E-state index contributed by atoms with van der Waals surface area (Å²) in [4.78, 5) is 10.8. The summed E-state index contributed by atoms with van der Waals surface area (Å²) in [5, 5.41) is 37.2. The van der Waals surface area contributed by atoms with Crippen molar-refractivity contribution in [1.82, 2.24) is 0 Å². The minimum absolute atomic E-state index is 0.308. The van der Waals surface area contributed by atoms with E-state index < -0.39 is 49.5 Å². The minimum Gasteiger partial charge on any atom is -0.433 e. The van der Waals surface area contributed by atoms with Crippen molar-refractivity contribution in [3.05, 3.63) is 0 Å². The maximum atomic E-state index is 13.6. The maximum Gasteiger partial charge on any atom is 0.305 e. The highest BCUT2D eigenvalue weighted by atomic mass is 19.1. The molecule has 0 aromatic carbocycles. The first-order chi connectivity index (χ1) is 8.38. The first kappa shape index (κ1) is 15.3. The SMILES string of the molecule is CC(=O)OC1OC([C@@H](F)CCO)[C@@H](O)[C@H](O)C1O. The van der Waals surface area contributed by atoms with Crippen molar-refractivity contribution in [3.63, 3.8) is 0 Å². The summed E-state index contributed by atoms with van der Waals surface area (Å²) < 4.78 is 23.1. The van der Waals surface area contributed by atoms with E-state index in [4.69, 9.17) is 9.84 Å². The van der Waals surface area contributed by atoms with E-state index in [0.717, 1.165) is 6.92 Å². The molecule has 7 nitrogen and oxygen atoms in total. The molecule has 1 fully saturated rings. The number of aliphatic hydroxyl groups excluding tert-OH is 4.